The van der Waals surface area contributed by atoms with E-state index in [9.17, 15) is 9.18 Å². The van der Waals surface area contributed by atoms with Crippen LogP contribution in [0.15, 0.2) is 54.6 Å². The Morgan fingerprint density at radius 2 is 1.80 bits per heavy atom. The SMILES string of the molecule is C[C@@H]1CC(=O)c2c(Nc3ccc(F)cc3)nn(-c3ccccc3)c2C1. The molecule has 0 bridgehead atoms. The van der Waals surface area contributed by atoms with Gasteiger partial charge < -0.3 is 5.32 Å². The number of Topliss-reactive ketones (excluding diaryl/α,β-unsaturated/α-hetero) is 1. The molecule has 0 saturated heterocycles. The molecule has 5 heteroatoms. The molecule has 1 heterocycles. The summed E-state index contributed by atoms with van der Waals surface area (Å²) in [6.07, 6.45) is 1.32. The fourth-order valence-corrected chi connectivity index (χ4v) is 3.30. The average Bonchev–Trinajstić information content (AvgIpc) is 2.96. The van der Waals surface area contributed by atoms with Gasteiger partial charge >= 0.3 is 0 Å². The summed E-state index contributed by atoms with van der Waals surface area (Å²) in [7, 11) is 0. The van der Waals surface area contributed by atoms with Gasteiger partial charge in [0, 0.05) is 12.1 Å². The standard InChI is InChI=1S/C20H18FN3O/c1-13-11-17-19(18(25)12-13)20(22-15-9-7-14(21)8-10-15)23-24(17)16-5-3-2-4-6-16/h2-10,13H,11-12H2,1H3,(H,22,23)/t13-/m0/s1. The van der Waals surface area contributed by atoms with Crippen molar-refractivity contribution in [2.45, 2.75) is 19.8 Å². The molecule has 1 N–H and O–H groups in total. The fraction of sp³-hybridized carbons (Fsp3) is 0.200. The Balaban J connectivity index is 1.82. The minimum atomic E-state index is -0.299. The molecule has 1 aromatic heterocycles. The number of halogens is 1. The summed E-state index contributed by atoms with van der Waals surface area (Å²) in [5.74, 6) is 0.619. The van der Waals surface area contributed by atoms with Gasteiger partial charge in [-0.25, -0.2) is 9.07 Å². The predicted octanol–water partition coefficient (Wildman–Crippen LogP) is 4.52. The third-order valence-electron chi connectivity index (χ3n) is 4.44. The van der Waals surface area contributed by atoms with Crippen molar-refractivity contribution in [1.29, 1.82) is 0 Å². The van der Waals surface area contributed by atoms with E-state index in [-0.39, 0.29) is 17.5 Å². The molecule has 0 spiro atoms. The van der Waals surface area contributed by atoms with Gasteiger partial charge in [-0.2, -0.15) is 0 Å². The number of hydrogen-bond donors (Lipinski definition) is 1. The minimum absolute atomic E-state index is 0.0977. The fourth-order valence-electron chi connectivity index (χ4n) is 3.30. The van der Waals surface area contributed by atoms with Gasteiger partial charge in [-0.3, -0.25) is 4.79 Å². The highest BCUT2D eigenvalue weighted by Gasteiger charge is 2.31. The topological polar surface area (TPSA) is 46.9 Å². The first kappa shape index (κ1) is 15.6. The molecule has 0 saturated carbocycles. The monoisotopic (exact) mass is 335 g/mol. The zero-order valence-corrected chi connectivity index (χ0v) is 13.9. The molecular weight excluding hydrogens is 317 g/mol. The number of carbonyl (C=O) groups is 1. The van der Waals surface area contributed by atoms with Crippen molar-refractivity contribution in [2.24, 2.45) is 5.92 Å². The summed E-state index contributed by atoms with van der Waals surface area (Å²) >= 11 is 0. The molecule has 1 atom stereocenters. The van der Waals surface area contributed by atoms with Gasteiger partial charge in [0.15, 0.2) is 11.6 Å². The highest BCUT2D eigenvalue weighted by molar-refractivity contribution is 6.03. The Morgan fingerprint density at radius 1 is 1.08 bits per heavy atom. The van der Waals surface area contributed by atoms with E-state index in [1.165, 1.54) is 12.1 Å². The molecule has 25 heavy (non-hydrogen) atoms. The summed E-state index contributed by atoms with van der Waals surface area (Å²) in [6.45, 7) is 2.08. The number of carbonyl (C=O) groups excluding carboxylic acids is 1. The Kier molecular flexibility index (Phi) is 3.84. The lowest BCUT2D eigenvalue weighted by atomic mass is 9.87. The first-order valence-corrected chi connectivity index (χ1v) is 8.35. The molecule has 0 unspecified atom stereocenters. The van der Waals surface area contributed by atoms with Gasteiger partial charge in [-0.05, 0) is 48.7 Å². The maximum atomic E-state index is 13.1. The Bertz CT molecular complexity index is 916. The van der Waals surface area contributed by atoms with Crippen LogP contribution in [0, 0.1) is 11.7 Å². The number of rotatable bonds is 3. The van der Waals surface area contributed by atoms with Crippen LogP contribution < -0.4 is 5.32 Å². The molecule has 0 radical (unpaired) electrons. The minimum Gasteiger partial charge on any atom is -0.338 e. The van der Waals surface area contributed by atoms with E-state index in [4.69, 9.17) is 0 Å². The van der Waals surface area contributed by atoms with E-state index in [0.29, 0.717) is 23.5 Å². The van der Waals surface area contributed by atoms with E-state index in [2.05, 4.69) is 17.3 Å². The smallest absolute Gasteiger partial charge is 0.168 e. The summed E-state index contributed by atoms with van der Waals surface area (Å²) in [5.41, 5.74) is 3.20. The van der Waals surface area contributed by atoms with Gasteiger partial charge in [0.25, 0.3) is 0 Å². The van der Waals surface area contributed by atoms with E-state index in [1.54, 1.807) is 12.1 Å². The van der Waals surface area contributed by atoms with E-state index in [0.717, 1.165) is 17.8 Å². The first-order chi connectivity index (χ1) is 12.1. The van der Waals surface area contributed by atoms with Crippen molar-refractivity contribution >= 4 is 17.3 Å². The van der Waals surface area contributed by atoms with Crippen LogP contribution in [0.5, 0.6) is 0 Å². The number of hydrogen-bond acceptors (Lipinski definition) is 3. The van der Waals surface area contributed by atoms with Crippen LogP contribution in [0.4, 0.5) is 15.9 Å². The van der Waals surface area contributed by atoms with Gasteiger partial charge in [0.2, 0.25) is 0 Å². The normalized spacial score (nSPS) is 16.6. The number of aromatic nitrogens is 2. The molecular formula is C20H18FN3O. The Labute approximate surface area is 145 Å². The first-order valence-electron chi connectivity index (χ1n) is 8.35. The molecule has 0 aliphatic heterocycles. The van der Waals surface area contributed by atoms with E-state index >= 15 is 0 Å². The second-order valence-corrected chi connectivity index (χ2v) is 6.49. The summed E-state index contributed by atoms with van der Waals surface area (Å²) in [4.78, 5) is 12.7. The average molecular weight is 335 g/mol. The summed E-state index contributed by atoms with van der Waals surface area (Å²) in [5, 5.41) is 7.83. The maximum Gasteiger partial charge on any atom is 0.168 e. The highest BCUT2D eigenvalue weighted by atomic mass is 19.1. The van der Waals surface area contributed by atoms with Gasteiger partial charge in [-0.1, -0.05) is 25.1 Å². The maximum absolute atomic E-state index is 13.1. The number of benzene rings is 2. The lowest BCUT2D eigenvalue weighted by molar-refractivity contribution is 0.0953. The largest absolute Gasteiger partial charge is 0.338 e. The van der Waals surface area contributed by atoms with Crippen LogP contribution in [-0.4, -0.2) is 15.6 Å². The molecule has 1 aliphatic rings. The van der Waals surface area contributed by atoms with Crippen LogP contribution >= 0.6 is 0 Å². The third-order valence-corrected chi connectivity index (χ3v) is 4.44. The van der Waals surface area contributed by atoms with Gasteiger partial charge in [0.1, 0.15) is 5.82 Å². The Hall–Kier alpha value is -2.95. The van der Waals surface area contributed by atoms with Crippen LogP contribution in [-0.2, 0) is 6.42 Å². The van der Waals surface area contributed by atoms with Gasteiger partial charge in [-0.15, -0.1) is 5.10 Å². The molecule has 4 rings (SSSR count). The van der Waals surface area contributed by atoms with Crippen LogP contribution in [0.3, 0.4) is 0 Å². The predicted molar refractivity (Wildman–Crippen MR) is 95.1 cm³/mol. The van der Waals surface area contributed by atoms with Crippen LogP contribution in [0.1, 0.15) is 29.4 Å². The molecule has 3 aromatic rings. The van der Waals surface area contributed by atoms with Crippen molar-refractivity contribution in [3.05, 3.63) is 71.7 Å². The molecule has 4 nitrogen and oxygen atoms in total. The number of nitrogens with one attached hydrogen (secondary N) is 1. The second kappa shape index (κ2) is 6.16. The van der Waals surface area contributed by atoms with Crippen LogP contribution in [0.25, 0.3) is 5.69 Å². The van der Waals surface area contributed by atoms with Crippen molar-refractivity contribution in [3.8, 4) is 5.69 Å². The number of nitrogens with zero attached hydrogens (tertiary/aromatic N) is 2. The highest BCUT2D eigenvalue weighted by Crippen LogP contribution is 2.33. The van der Waals surface area contributed by atoms with Crippen LogP contribution in [0.2, 0.25) is 0 Å². The summed E-state index contributed by atoms with van der Waals surface area (Å²) < 4.78 is 15.0. The number of para-hydroxylation sites is 1. The van der Waals surface area contributed by atoms with E-state index in [1.807, 2.05) is 35.0 Å². The molecule has 0 fully saturated rings. The van der Waals surface area contributed by atoms with Crippen molar-refractivity contribution < 1.29 is 9.18 Å². The lowest BCUT2D eigenvalue weighted by Crippen LogP contribution is -2.19. The molecule has 0 amide bonds. The molecule has 126 valence electrons. The third kappa shape index (κ3) is 2.93. The quantitative estimate of drug-likeness (QED) is 0.765. The molecule has 1 aliphatic carbocycles. The number of anilines is 2. The van der Waals surface area contributed by atoms with Crippen molar-refractivity contribution in [3.63, 3.8) is 0 Å². The van der Waals surface area contributed by atoms with Crippen molar-refractivity contribution in [1.82, 2.24) is 9.78 Å². The lowest BCUT2D eigenvalue weighted by Gasteiger charge is -2.19. The summed E-state index contributed by atoms with van der Waals surface area (Å²) in [6, 6.07) is 15.8. The van der Waals surface area contributed by atoms with E-state index < -0.39 is 0 Å². The zero-order chi connectivity index (χ0) is 17.4. The number of ketones is 1. The van der Waals surface area contributed by atoms with Gasteiger partial charge in [0.05, 0.1) is 16.9 Å². The Morgan fingerprint density at radius 3 is 2.52 bits per heavy atom. The molecule has 2 aromatic carbocycles. The number of fused-ring (bicyclic) bond motifs is 1. The van der Waals surface area contributed by atoms with Crippen molar-refractivity contribution in [2.75, 3.05) is 5.32 Å². The zero-order valence-electron chi connectivity index (χ0n) is 13.9. The second-order valence-electron chi connectivity index (χ2n) is 6.49.